The highest BCUT2D eigenvalue weighted by Crippen LogP contribution is 2.29. The molecule has 0 saturated carbocycles. The van der Waals surface area contributed by atoms with Crippen LogP contribution in [0.5, 0.6) is 5.75 Å². The van der Waals surface area contributed by atoms with Gasteiger partial charge in [0.25, 0.3) is 0 Å². The molecule has 1 aliphatic rings. The summed E-state index contributed by atoms with van der Waals surface area (Å²) in [5.74, 6) is 0.809. The van der Waals surface area contributed by atoms with Crippen molar-refractivity contribution in [3.05, 3.63) is 53.3 Å². The van der Waals surface area contributed by atoms with Crippen molar-refractivity contribution in [2.75, 3.05) is 25.1 Å². The Labute approximate surface area is 180 Å². The van der Waals surface area contributed by atoms with Crippen LogP contribution in [0.1, 0.15) is 29.8 Å². The first-order valence-corrected chi connectivity index (χ1v) is 11.0. The van der Waals surface area contributed by atoms with E-state index in [1.165, 1.54) is 0 Å². The van der Waals surface area contributed by atoms with E-state index in [2.05, 4.69) is 51.0 Å². The molecular formula is C22H27N5O2S. The molecule has 1 aliphatic heterocycles. The van der Waals surface area contributed by atoms with Gasteiger partial charge in [-0.3, -0.25) is 9.36 Å². The van der Waals surface area contributed by atoms with E-state index >= 15 is 0 Å². The number of piperidine rings is 1. The summed E-state index contributed by atoms with van der Waals surface area (Å²) >= 11 is 1.57. The van der Waals surface area contributed by atoms with Crippen molar-refractivity contribution in [1.82, 2.24) is 20.1 Å². The van der Waals surface area contributed by atoms with Crippen molar-refractivity contribution in [2.24, 2.45) is 5.92 Å². The van der Waals surface area contributed by atoms with Crippen molar-refractivity contribution in [1.29, 1.82) is 0 Å². The number of hydrogen-bond donors (Lipinski definition) is 1. The fourth-order valence-electron chi connectivity index (χ4n) is 3.94. The van der Waals surface area contributed by atoms with Crippen LogP contribution in [0, 0.1) is 19.8 Å². The summed E-state index contributed by atoms with van der Waals surface area (Å²) in [6.07, 6.45) is 1.85. The smallest absolute Gasteiger partial charge is 0.225 e. The van der Waals surface area contributed by atoms with Crippen LogP contribution >= 0.6 is 11.3 Å². The average molecular weight is 426 g/mol. The lowest BCUT2D eigenvalue weighted by molar-refractivity contribution is -0.125. The molecule has 0 radical (unpaired) electrons. The summed E-state index contributed by atoms with van der Waals surface area (Å²) in [6, 6.07) is 11.9. The fourth-order valence-corrected chi connectivity index (χ4v) is 4.94. The van der Waals surface area contributed by atoms with Crippen LogP contribution in [-0.2, 0) is 11.3 Å². The molecule has 7 nitrogen and oxygen atoms in total. The third kappa shape index (κ3) is 4.18. The van der Waals surface area contributed by atoms with Gasteiger partial charge in [0.15, 0.2) is 0 Å². The van der Waals surface area contributed by atoms with Crippen LogP contribution in [0.3, 0.4) is 0 Å². The summed E-state index contributed by atoms with van der Waals surface area (Å²) in [7, 11) is 1.65. The number of rotatable bonds is 6. The second kappa shape index (κ2) is 8.87. The highest BCUT2D eigenvalue weighted by Gasteiger charge is 2.28. The van der Waals surface area contributed by atoms with Crippen LogP contribution in [0.4, 0.5) is 5.13 Å². The van der Waals surface area contributed by atoms with E-state index in [-0.39, 0.29) is 11.8 Å². The Morgan fingerprint density at radius 1 is 1.17 bits per heavy atom. The number of benzene rings is 1. The lowest BCUT2D eigenvalue weighted by Gasteiger charge is -2.31. The molecule has 1 N–H and O–H groups in total. The molecule has 8 heteroatoms. The topological polar surface area (TPSA) is 72.3 Å². The predicted octanol–water partition coefficient (Wildman–Crippen LogP) is 3.49. The molecule has 1 saturated heterocycles. The molecule has 1 aromatic carbocycles. The van der Waals surface area contributed by atoms with Gasteiger partial charge in [-0.15, -0.1) is 10.2 Å². The molecule has 1 fully saturated rings. The maximum absolute atomic E-state index is 12.8. The van der Waals surface area contributed by atoms with E-state index in [4.69, 9.17) is 4.74 Å². The van der Waals surface area contributed by atoms with Gasteiger partial charge >= 0.3 is 0 Å². The van der Waals surface area contributed by atoms with Crippen LogP contribution in [-0.4, -0.2) is 40.9 Å². The van der Waals surface area contributed by atoms with Crippen molar-refractivity contribution >= 4 is 22.4 Å². The van der Waals surface area contributed by atoms with Crippen LogP contribution in [0.15, 0.2) is 36.4 Å². The Hall–Kier alpha value is -2.87. The molecule has 1 amide bonds. The summed E-state index contributed by atoms with van der Waals surface area (Å²) in [4.78, 5) is 15.0. The molecule has 4 rings (SSSR count). The number of nitrogens with one attached hydrogen (secondary N) is 1. The van der Waals surface area contributed by atoms with Gasteiger partial charge in [-0.05, 0) is 44.9 Å². The van der Waals surface area contributed by atoms with Gasteiger partial charge < -0.3 is 15.0 Å². The largest absolute Gasteiger partial charge is 0.496 e. The van der Waals surface area contributed by atoms with Gasteiger partial charge in [0, 0.05) is 36.6 Å². The second-order valence-electron chi connectivity index (χ2n) is 7.63. The third-order valence-corrected chi connectivity index (χ3v) is 6.54. The molecule has 3 aromatic rings. The quantitative estimate of drug-likeness (QED) is 0.655. The number of aromatic nitrogens is 3. The van der Waals surface area contributed by atoms with Crippen LogP contribution in [0.2, 0.25) is 0 Å². The fraction of sp³-hybridized carbons (Fsp3) is 0.409. The van der Waals surface area contributed by atoms with Gasteiger partial charge in [-0.1, -0.05) is 29.5 Å². The van der Waals surface area contributed by atoms with E-state index in [1.54, 1.807) is 18.4 Å². The average Bonchev–Trinajstić information content (AvgIpc) is 3.38. The molecule has 2 aromatic heterocycles. The van der Waals surface area contributed by atoms with Gasteiger partial charge in [0.05, 0.1) is 13.0 Å². The van der Waals surface area contributed by atoms with Gasteiger partial charge in [-0.25, -0.2) is 0 Å². The normalized spacial score (nSPS) is 16.5. The molecule has 30 heavy (non-hydrogen) atoms. The molecular weight excluding hydrogens is 398 g/mol. The number of ether oxygens (including phenoxy) is 1. The van der Waals surface area contributed by atoms with Gasteiger partial charge in [0.1, 0.15) is 5.75 Å². The number of carbonyl (C=O) groups is 1. The molecule has 0 bridgehead atoms. The Balaban J connectivity index is 1.40. The molecule has 0 spiro atoms. The number of para-hydroxylation sites is 1. The first-order valence-electron chi connectivity index (χ1n) is 10.2. The van der Waals surface area contributed by atoms with Gasteiger partial charge in [0.2, 0.25) is 16.2 Å². The zero-order valence-electron chi connectivity index (χ0n) is 17.6. The monoisotopic (exact) mass is 425 g/mol. The summed E-state index contributed by atoms with van der Waals surface area (Å²) < 4.78 is 7.49. The van der Waals surface area contributed by atoms with E-state index in [0.717, 1.165) is 52.4 Å². The lowest BCUT2D eigenvalue weighted by atomic mass is 9.97. The second-order valence-corrected chi connectivity index (χ2v) is 8.57. The minimum absolute atomic E-state index is 0.0594. The number of hydrogen-bond acceptors (Lipinski definition) is 6. The van der Waals surface area contributed by atoms with Crippen LogP contribution in [0.25, 0.3) is 5.13 Å². The van der Waals surface area contributed by atoms with Crippen molar-refractivity contribution in [3.63, 3.8) is 0 Å². The summed E-state index contributed by atoms with van der Waals surface area (Å²) in [5, 5.41) is 13.6. The first kappa shape index (κ1) is 20.4. The number of anilines is 1. The molecule has 1 atom stereocenters. The van der Waals surface area contributed by atoms with E-state index in [1.807, 2.05) is 24.3 Å². The zero-order valence-corrected chi connectivity index (χ0v) is 18.4. The van der Waals surface area contributed by atoms with Crippen molar-refractivity contribution < 1.29 is 9.53 Å². The summed E-state index contributed by atoms with van der Waals surface area (Å²) in [5.41, 5.74) is 3.26. The Bertz CT molecular complexity index is 1010. The number of amides is 1. The predicted molar refractivity (Wildman–Crippen MR) is 118 cm³/mol. The number of nitrogens with zero attached hydrogens (tertiary/aromatic N) is 4. The Morgan fingerprint density at radius 3 is 2.67 bits per heavy atom. The van der Waals surface area contributed by atoms with E-state index < -0.39 is 0 Å². The number of methoxy groups -OCH3 is 1. The maximum Gasteiger partial charge on any atom is 0.225 e. The van der Waals surface area contributed by atoms with Crippen LogP contribution < -0.4 is 15.0 Å². The van der Waals surface area contributed by atoms with Crippen molar-refractivity contribution in [2.45, 2.75) is 33.2 Å². The molecule has 0 aliphatic carbocycles. The van der Waals surface area contributed by atoms with E-state index in [9.17, 15) is 4.79 Å². The highest BCUT2D eigenvalue weighted by molar-refractivity contribution is 7.17. The summed E-state index contributed by atoms with van der Waals surface area (Å²) in [6.45, 7) is 6.16. The minimum Gasteiger partial charge on any atom is -0.496 e. The van der Waals surface area contributed by atoms with Crippen molar-refractivity contribution in [3.8, 4) is 10.9 Å². The third-order valence-electron chi connectivity index (χ3n) is 5.57. The minimum atomic E-state index is -0.0594. The number of aryl methyl sites for hydroxylation is 2. The number of carbonyl (C=O) groups excluding carboxylic acids is 1. The molecule has 3 heterocycles. The lowest BCUT2D eigenvalue weighted by Crippen LogP contribution is -2.43. The zero-order chi connectivity index (χ0) is 21.1. The SMILES string of the molecule is COc1ccccc1CNC(=O)[C@@H]1CCCN(c2nnc(-n3c(C)ccc3C)s2)C1. The molecule has 0 unspecified atom stereocenters. The first-order chi connectivity index (χ1) is 14.6. The Kier molecular flexibility index (Phi) is 6.03. The van der Waals surface area contributed by atoms with E-state index in [0.29, 0.717) is 13.1 Å². The molecule has 158 valence electrons. The maximum atomic E-state index is 12.8. The Morgan fingerprint density at radius 2 is 1.90 bits per heavy atom. The van der Waals surface area contributed by atoms with Gasteiger partial charge in [-0.2, -0.15) is 0 Å². The standard InChI is InChI=1S/C22H27N5O2S/c1-15-10-11-16(2)27(15)22-25-24-21(30-22)26-12-6-8-18(14-26)20(28)23-13-17-7-4-5-9-19(17)29-3/h4-5,7,9-11,18H,6,8,12-14H2,1-3H3,(H,23,28)/t18-/m1/s1. The highest BCUT2D eigenvalue weighted by atomic mass is 32.1.